The second-order valence-corrected chi connectivity index (χ2v) is 8.00. The second-order valence-electron chi connectivity index (χ2n) is 8.00. The average molecular weight is 369 g/mol. The number of nitrogens with zero attached hydrogens (tertiary/aromatic N) is 4. The maximum absolute atomic E-state index is 10.3. The number of fused-ring (bicyclic) bond motifs is 3. The molecule has 1 saturated heterocycles. The minimum Gasteiger partial charge on any atom is -0.386 e. The lowest BCUT2D eigenvalue weighted by Crippen LogP contribution is -2.33. The number of terminal acetylenes is 1. The summed E-state index contributed by atoms with van der Waals surface area (Å²) >= 11 is 0. The Morgan fingerprint density at radius 3 is 2.74 bits per heavy atom. The van der Waals surface area contributed by atoms with Gasteiger partial charge in [0.1, 0.15) is 24.6 Å². The van der Waals surface area contributed by atoms with Gasteiger partial charge in [-0.2, -0.15) is 0 Å². The third-order valence-electron chi connectivity index (χ3n) is 6.67. The number of rotatable bonds is 3. The summed E-state index contributed by atoms with van der Waals surface area (Å²) in [4.78, 5) is 13.2. The highest BCUT2D eigenvalue weighted by molar-refractivity contribution is 5.83. The van der Waals surface area contributed by atoms with Crippen LogP contribution in [-0.4, -0.2) is 54.1 Å². The fourth-order valence-corrected chi connectivity index (χ4v) is 5.16. The molecule has 2 aliphatic carbocycles. The Hall–Kier alpha value is -2.21. The van der Waals surface area contributed by atoms with E-state index in [-0.39, 0.29) is 0 Å². The van der Waals surface area contributed by atoms with E-state index >= 15 is 0 Å². The highest BCUT2D eigenvalue weighted by atomic mass is 16.6. The van der Waals surface area contributed by atoms with Gasteiger partial charge in [-0.25, -0.2) is 15.0 Å². The Labute approximate surface area is 157 Å². The topological polar surface area (TPSA) is 105 Å². The average Bonchev–Trinajstić information content (AvgIpc) is 3.42. The third-order valence-corrected chi connectivity index (χ3v) is 6.67. The van der Waals surface area contributed by atoms with Gasteiger partial charge in [0.2, 0.25) is 0 Å². The van der Waals surface area contributed by atoms with Crippen LogP contribution >= 0.6 is 0 Å². The number of nitrogens with one attached hydrogen (secondary N) is 1. The SMILES string of the molecule is C#C[C@H]1O[C@@H](n2cnc3c(N[C@H]4[C@H]5CC[C@H](C5)[C@@H]4C)ncnc32)[C@H](O)[C@@H]1O. The number of aromatic nitrogens is 4. The Morgan fingerprint density at radius 1 is 1.22 bits per heavy atom. The number of ether oxygens (including phenoxy) is 1. The molecule has 0 radical (unpaired) electrons. The van der Waals surface area contributed by atoms with Crippen molar-refractivity contribution in [3.63, 3.8) is 0 Å². The van der Waals surface area contributed by atoms with Gasteiger partial charge in [-0.05, 0) is 37.0 Å². The van der Waals surface area contributed by atoms with Gasteiger partial charge >= 0.3 is 0 Å². The minimum atomic E-state index is -1.15. The number of hydrogen-bond donors (Lipinski definition) is 3. The molecule has 3 N–H and O–H groups in total. The molecular formula is C19H23N5O3. The molecule has 0 aromatic carbocycles. The van der Waals surface area contributed by atoms with Crippen molar-refractivity contribution in [2.75, 3.05) is 5.32 Å². The van der Waals surface area contributed by atoms with Gasteiger partial charge in [0.15, 0.2) is 23.2 Å². The summed E-state index contributed by atoms with van der Waals surface area (Å²) in [5, 5.41) is 24.0. The molecule has 2 bridgehead atoms. The lowest BCUT2D eigenvalue weighted by atomic mass is 9.86. The smallest absolute Gasteiger partial charge is 0.167 e. The summed E-state index contributed by atoms with van der Waals surface area (Å²) in [6.07, 6.45) is 8.28. The van der Waals surface area contributed by atoms with Crippen LogP contribution in [0, 0.1) is 30.1 Å². The molecule has 8 atom stereocenters. The summed E-state index contributed by atoms with van der Waals surface area (Å²) in [5.41, 5.74) is 1.17. The first kappa shape index (κ1) is 16.9. The second kappa shape index (κ2) is 6.16. The zero-order chi connectivity index (χ0) is 18.7. The summed E-state index contributed by atoms with van der Waals surface area (Å²) in [6.45, 7) is 2.31. The fraction of sp³-hybridized carbons (Fsp3) is 0.632. The molecule has 0 amide bonds. The van der Waals surface area contributed by atoms with Crippen molar-refractivity contribution in [1.82, 2.24) is 19.5 Å². The van der Waals surface area contributed by atoms with Gasteiger partial charge in [-0.1, -0.05) is 12.8 Å². The number of aliphatic hydroxyl groups is 2. The lowest BCUT2D eigenvalue weighted by Gasteiger charge is -2.29. The third kappa shape index (κ3) is 2.46. The van der Waals surface area contributed by atoms with Crippen LogP contribution in [0.5, 0.6) is 0 Å². The molecule has 1 aliphatic heterocycles. The molecule has 142 valence electrons. The molecule has 0 unspecified atom stereocenters. The van der Waals surface area contributed by atoms with E-state index in [2.05, 4.69) is 33.1 Å². The van der Waals surface area contributed by atoms with Crippen LogP contribution < -0.4 is 5.32 Å². The van der Waals surface area contributed by atoms with E-state index in [4.69, 9.17) is 11.2 Å². The van der Waals surface area contributed by atoms with Crippen molar-refractivity contribution >= 4 is 17.0 Å². The van der Waals surface area contributed by atoms with Crippen molar-refractivity contribution < 1.29 is 14.9 Å². The Kier molecular flexibility index (Phi) is 3.86. The molecule has 2 saturated carbocycles. The first-order valence-corrected chi connectivity index (χ1v) is 9.50. The molecule has 3 heterocycles. The predicted octanol–water partition coefficient (Wildman–Crippen LogP) is 0.925. The van der Waals surface area contributed by atoms with Crippen LogP contribution in [0.15, 0.2) is 12.7 Å². The Bertz CT molecular complexity index is 906. The number of anilines is 1. The molecule has 2 aromatic heterocycles. The van der Waals surface area contributed by atoms with Crippen LogP contribution in [0.2, 0.25) is 0 Å². The van der Waals surface area contributed by atoms with E-state index in [0.717, 1.165) is 5.92 Å². The van der Waals surface area contributed by atoms with E-state index < -0.39 is 24.5 Å². The van der Waals surface area contributed by atoms with Gasteiger partial charge < -0.3 is 20.3 Å². The Morgan fingerprint density at radius 2 is 2.04 bits per heavy atom. The van der Waals surface area contributed by atoms with Crippen molar-refractivity contribution in [3.8, 4) is 12.3 Å². The van der Waals surface area contributed by atoms with Crippen LogP contribution in [0.1, 0.15) is 32.4 Å². The van der Waals surface area contributed by atoms with Gasteiger partial charge in [0.25, 0.3) is 0 Å². The fourth-order valence-electron chi connectivity index (χ4n) is 5.16. The zero-order valence-electron chi connectivity index (χ0n) is 15.1. The van der Waals surface area contributed by atoms with Crippen LogP contribution in [0.3, 0.4) is 0 Å². The lowest BCUT2D eigenvalue weighted by molar-refractivity contribution is -0.0230. The predicted molar refractivity (Wildman–Crippen MR) is 97.5 cm³/mol. The van der Waals surface area contributed by atoms with Gasteiger partial charge in [-0.3, -0.25) is 4.57 Å². The molecule has 8 heteroatoms. The van der Waals surface area contributed by atoms with Crippen LogP contribution in [-0.2, 0) is 4.74 Å². The highest BCUT2D eigenvalue weighted by Crippen LogP contribution is 2.49. The van der Waals surface area contributed by atoms with Crippen molar-refractivity contribution in [2.24, 2.45) is 17.8 Å². The van der Waals surface area contributed by atoms with Crippen LogP contribution in [0.25, 0.3) is 11.2 Å². The maximum Gasteiger partial charge on any atom is 0.167 e. The van der Waals surface area contributed by atoms with Gasteiger partial charge in [-0.15, -0.1) is 6.42 Å². The van der Waals surface area contributed by atoms with Gasteiger partial charge in [0, 0.05) is 6.04 Å². The highest BCUT2D eigenvalue weighted by Gasteiger charge is 2.46. The quantitative estimate of drug-likeness (QED) is 0.691. The zero-order valence-corrected chi connectivity index (χ0v) is 15.1. The Balaban J connectivity index is 1.46. The summed E-state index contributed by atoms with van der Waals surface area (Å²) in [6, 6.07) is 0.396. The van der Waals surface area contributed by atoms with E-state index in [0.29, 0.717) is 34.9 Å². The standard InChI is InChI=1S/C19H23N5O3/c1-3-12-15(25)16(26)19(27-12)24-8-22-14-17(20-7-21-18(14)24)23-13-9(2)10-4-5-11(13)6-10/h1,7-13,15-16,19,25-26H,4-6H2,2H3,(H,20,21,23)/t9-,10+,11-,12+,13+,15+,16+,19+/m0/s1. The largest absolute Gasteiger partial charge is 0.386 e. The molecule has 3 aliphatic rings. The molecule has 5 rings (SSSR count). The molecule has 0 spiro atoms. The first-order valence-electron chi connectivity index (χ1n) is 9.50. The molecule has 2 aromatic rings. The maximum atomic E-state index is 10.3. The van der Waals surface area contributed by atoms with Crippen molar-refractivity contribution in [1.29, 1.82) is 0 Å². The first-order chi connectivity index (χ1) is 13.1. The van der Waals surface area contributed by atoms with E-state index in [1.165, 1.54) is 25.6 Å². The summed E-state index contributed by atoms with van der Waals surface area (Å²) < 4.78 is 7.23. The van der Waals surface area contributed by atoms with Crippen molar-refractivity contribution in [3.05, 3.63) is 12.7 Å². The van der Waals surface area contributed by atoms with Crippen molar-refractivity contribution in [2.45, 2.75) is 56.8 Å². The van der Waals surface area contributed by atoms with Gasteiger partial charge in [0.05, 0.1) is 6.33 Å². The molecule has 8 nitrogen and oxygen atoms in total. The van der Waals surface area contributed by atoms with E-state index in [1.807, 2.05) is 0 Å². The summed E-state index contributed by atoms with van der Waals surface area (Å²) in [5.74, 6) is 5.15. The molecule has 27 heavy (non-hydrogen) atoms. The number of aliphatic hydroxyl groups excluding tert-OH is 2. The summed E-state index contributed by atoms with van der Waals surface area (Å²) in [7, 11) is 0. The normalized spacial score (nSPS) is 40.5. The number of imidazole rings is 1. The number of hydrogen-bond acceptors (Lipinski definition) is 7. The van der Waals surface area contributed by atoms with Crippen LogP contribution in [0.4, 0.5) is 5.82 Å². The van der Waals surface area contributed by atoms with E-state index in [9.17, 15) is 10.2 Å². The minimum absolute atomic E-state index is 0.396. The monoisotopic (exact) mass is 369 g/mol. The molecule has 3 fully saturated rings. The molecular weight excluding hydrogens is 346 g/mol. The van der Waals surface area contributed by atoms with E-state index in [1.54, 1.807) is 10.9 Å².